The molecule has 0 spiro atoms. The van der Waals surface area contributed by atoms with Crippen molar-refractivity contribution in [3.05, 3.63) is 42.7 Å². The zero-order valence-electron chi connectivity index (χ0n) is 10.5. The molecule has 0 amide bonds. The van der Waals surface area contributed by atoms with E-state index in [4.69, 9.17) is 0 Å². The summed E-state index contributed by atoms with van der Waals surface area (Å²) in [6.07, 6.45) is 9.13. The molecular weight excluding hydrogens is 208 g/mol. The van der Waals surface area contributed by atoms with E-state index in [0.717, 1.165) is 12.4 Å². The zero-order chi connectivity index (χ0) is 11.9. The Balaban J connectivity index is 2.02. The van der Waals surface area contributed by atoms with Crippen molar-refractivity contribution in [2.75, 3.05) is 0 Å². The molecule has 0 unspecified atom stereocenters. The van der Waals surface area contributed by atoms with E-state index < -0.39 is 0 Å². The van der Waals surface area contributed by atoms with Crippen LogP contribution in [0.4, 0.5) is 0 Å². The number of unbranched alkanes of at least 4 members (excludes halogenated alkanes) is 3. The van der Waals surface area contributed by atoms with E-state index in [-0.39, 0.29) is 0 Å². The van der Waals surface area contributed by atoms with Gasteiger partial charge in [0.2, 0.25) is 0 Å². The van der Waals surface area contributed by atoms with Gasteiger partial charge in [-0.15, -0.1) is 0 Å². The smallest absolute Gasteiger partial charge is 0.139 e. The van der Waals surface area contributed by atoms with E-state index in [1.165, 1.54) is 31.2 Å². The maximum Gasteiger partial charge on any atom is 0.139 e. The molecule has 1 aromatic heterocycles. The molecule has 0 aliphatic carbocycles. The van der Waals surface area contributed by atoms with Crippen molar-refractivity contribution in [3.63, 3.8) is 0 Å². The molecule has 0 aliphatic rings. The Bertz CT molecular complexity index is 431. The van der Waals surface area contributed by atoms with Crippen molar-refractivity contribution in [2.45, 2.75) is 39.2 Å². The lowest BCUT2D eigenvalue weighted by molar-refractivity contribution is 0.586. The Hall–Kier alpha value is -1.57. The Morgan fingerprint density at radius 1 is 1.06 bits per heavy atom. The molecule has 2 nitrogen and oxygen atoms in total. The molecule has 0 bridgehead atoms. The lowest BCUT2D eigenvalue weighted by Gasteiger charge is -2.07. The second-order valence-electron chi connectivity index (χ2n) is 4.37. The lowest BCUT2D eigenvalue weighted by Crippen LogP contribution is -1.99. The standard InChI is InChI=1S/C15H20N2/c1-2-3-4-8-12-17-13-11-16-15(17)14-9-6-5-7-10-14/h5-7,9-11,13H,2-4,8,12H2,1H3. The predicted molar refractivity (Wildman–Crippen MR) is 71.8 cm³/mol. The lowest BCUT2D eigenvalue weighted by atomic mass is 10.2. The topological polar surface area (TPSA) is 17.8 Å². The summed E-state index contributed by atoms with van der Waals surface area (Å²) >= 11 is 0. The molecule has 0 radical (unpaired) electrons. The molecule has 0 aliphatic heterocycles. The highest BCUT2D eigenvalue weighted by atomic mass is 15.1. The van der Waals surface area contributed by atoms with Crippen molar-refractivity contribution >= 4 is 0 Å². The number of rotatable bonds is 6. The van der Waals surface area contributed by atoms with Crippen LogP contribution in [0.25, 0.3) is 11.4 Å². The van der Waals surface area contributed by atoms with E-state index in [1.54, 1.807) is 0 Å². The van der Waals surface area contributed by atoms with Crippen molar-refractivity contribution in [3.8, 4) is 11.4 Å². The normalized spacial score (nSPS) is 10.6. The van der Waals surface area contributed by atoms with Crippen LogP contribution in [0.1, 0.15) is 32.6 Å². The van der Waals surface area contributed by atoms with Crippen LogP contribution in [0.15, 0.2) is 42.7 Å². The van der Waals surface area contributed by atoms with Gasteiger partial charge in [0.15, 0.2) is 0 Å². The number of nitrogens with zero attached hydrogens (tertiary/aromatic N) is 2. The molecule has 0 saturated heterocycles. The quantitative estimate of drug-likeness (QED) is 0.680. The van der Waals surface area contributed by atoms with Gasteiger partial charge in [-0.1, -0.05) is 56.5 Å². The van der Waals surface area contributed by atoms with Crippen LogP contribution in [0.3, 0.4) is 0 Å². The summed E-state index contributed by atoms with van der Waals surface area (Å²) in [5.41, 5.74) is 1.20. The van der Waals surface area contributed by atoms with E-state index in [0.29, 0.717) is 0 Å². The van der Waals surface area contributed by atoms with Crippen molar-refractivity contribution in [2.24, 2.45) is 0 Å². The van der Waals surface area contributed by atoms with Gasteiger partial charge in [-0.3, -0.25) is 0 Å². The van der Waals surface area contributed by atoms with Gasteiger partial charge < -0.3 is 4.57 Å². The maximum absolute atomic E-state index is 4.45. The predicted octanol–water partition coefficient (Wildman–Crippen LogP) is 4.13. The van der Waals surface area contributed by atoms with Crippen LogP contribution < -0.4 is 0 Å². The van der Waals surface area contributed by atoms with Gasteiger partial charge in [-0.2, -0.15) is 0 Å². The molecule has 1 heterocycles. The third-order valence-corrected chi connectivity index (χ3v) is 3.00. The minimum Gasteiger partial charge on any atom is -0.331 e. The van der Waals surface area contributed by atoms with E-state index in [2.05, 4.69) is 46.9 Å². The molecule has 2 heteroatoms. The first-order chi connectivity index (χ1) is 8.42. The molecule has 0 N–H and O–H groups in total. The van der Waals surface area contributed by atoms with Gasteiger partial charge in [-0.05, 0) is 6.42 Å². The molecule has 0 fully saturated rings. The van der Waals surface area contributed by atoms with Crippen LogP contribution in [0.2, 0.25) is 0 Å². The molecular formula is C15H20N2. The fourth-order valence-corrected chi connectivity index (χ4v) is 2.05. The summed E-state index contributed by atoms with van der Waals surface area (Å²) in [4.78, 5) is 4.45. The zero-order valence-corrected chi connectivity index (χ0v) is 10.5. The first-order valence-corrected chi connectivity index (χ1v) is 6.48. The second kappa shape index (κ2) is 6.24. The van der Waals surface area contributed by atoms with Gasteiger partial charge in [0.05, 0.1) is 0 Å². The van der Waals surface area contributed by atoms with E-state index in [1.807, 2.05) is 12.3 Å². The molecule has 17 heavy (non-hydrogen) atoms. The third kappa shape index (κ3) is 3.19. The number of hydrogen-bond acceptors (Lipinski definition) is 1. The highest BCUT2D eigenvalue weighted by Crippen LogP contribution is 2.17. The summed E-state index contributed by atoms with van der Waals surface area (Å²) in [5, 5.41) is 0. The molecule has 90 valence electrons. The Morgan fingerprint density at radius 3 is 2.65 bits per heavy atom. The number of aromatic nitrogens is 2. The fraction of sp³-hybridized carbons (Fsp3) is 0.400. The molecule has 2 rings (SSSR count). The fourth-order valence-electron chi connectivity index (χ4n) is 2.05. The minimum atomic E-state index is 1.07. The SMILES string of the molecule is CCCCCCn1ccnc1-c1ccccc1. The molecule has 2 aromatic rings. The summed E-state index contributed by atoms with van der Waals surface area (Å²) in [7, 11) is 0. The van der Waals surface area contributed by atoms with Gasteiger partial charge >= 0.3 is 0 Å². The van der Waals surface area contributed by atoms with E-state index >= 15 is 0 Å². The highest BCUT2D eigenvalue weighted by molar-refractivity contribution is 5.54. The monoisotopic (exact) mass is 228 g/mol. The maximum atomic E-state index is 4.45. The molecule has 0 saturated carbocycles. The average Bonchev–Trinajstić information content (AvgIpc) is 2.84. The Labute approximate surface area is 103 Å². The third-order valence-electron chi connectivity index (χ3n) is 3.00. The van der Waals surface area contributed by atoms with Crippen LogP contribution >= 0.6 is 0 Å². The summed E-state index contributed by atoms with van der Waals surface area (Å²) in [6, 6.07) is 10.4. The van der Waals surface area contributed by atoms with Gasteiger partial charge in [0.25, 0.3) is 0 Å². The molecule has 1 aromatic carbocycles. The van der Waals surface area contributed by atoms with Crippen LogP contribution in [0.5, 0.6) is 0 Å². The van der Waals surface area contributed by atoms with Crippen LogP contribution in [-0.2, 0) is 6.54 Å². The summed E-state index contributed by atoms with van der Waals surface area (Å²) < 4.78 is 2.25. The number of imidazole rings is 1. The van der Waals surface area contributed by atoms with Crippen molar-refractivity contribution in [1.82, 2.24) is 9.55 Å². The van der Waals surface area contributed by atoms with Gasteiger partial charge in [0, 0.05) is 24.5 Å². The summed E-state index contributed by atoms with van der Waals surface area (Å²) in [6.45, 7) is 3.32. The van der Waals surface area contributed by atoms with Gasteiger partial charge in [0.1, 0.15) is 5.82 Å². The van der Waals surface area contributed by atoms with Crippen molar-refractivity contribution in [1.29, 1.82) is 0 Å². The second-order valence-corrected chi connectivity index (χ2v) is 4.37. The molecule has 0 atom stereocenters. The van der Waals surface area contributed by atoms with E-state index in [9.17, 15) is 0 Å². The minimum absolute atomic E-state index is 1.07. The average molecular weight is 228 g/mol. The first-order valence-electron chi connectivity index (χ1n) is 6.48. The van der Waals surface area contributed by atoms with Crippen molar-refractivity contribution < 1.29 is 0 Å². The van der Waals surface area contributed by atoms with Gasteiger partial charge in [-0.25, -0.2) is 4.98 Å². The number of benzene rings is 1. The number of hydrogen-bond donors (Lipinski definition) is 0. The van der Waals surface area contributed by atoms with Crippen LogP contribution in [-0.4, -0.2) is 9.55 Å². The first kappa shape index (κ1) is 11.9. The van der Waals surface area contributed by atoms with Crippen LogP contribution in [0, 0.1) is 0 Å². The Kier molecular flexibility index (Phi) is 4.37. The number of aryl methyl sites for hydroxylation is 1. The largest absolute Gasteiger partial charge is 0.331 e. The Morgan fingerprint density at radius 2 is 1.88 bits per heavy atom. The highest BCUT2D eigenvalue weighted by Gasteiger charge is 2.04. The summed E-state index contributed by atoms with van der Waals surface area (Å²) in [5.74, 6) is 1.09.